The molecule has 0 aliphatic carbocycles. The first-order valence-corrected chi connectivity index (χ1v) is 11.4. The van der Waals surface area contributed by atoms with Crippen LogP contribution in [0.1, 0.15) is 30.2 Å². The van der Waals surface area contributed by atoms with E-state index < -0.39 is 15.9 Å². The van der Waals surface area contributed by atoms with E-state index >= 15 is 0 Å². The Morgan fingerprint density at radius 2 is 1.73 bits per heavy atom. The van der Waals surface area contributed by atoms with Crippen LogP contribution in [0.3, 0.4) is 0 Å². The monoisotopic (exact) mass is 423 g/mol. The number of hydrogen-bond acceptors (Lipinski definition) is 4. The second-order valence-corrected chi connectivity index (χ2v) is 8.76. The molecule has 6 nitrogen and oxygen atoms in total. The van der Waals surface area contributed by atoms with Crippen molar-refractivity contribution in [2.24, 2.45) is 0 Å². The Balaban J connectivity index is 1.81. The van der Waals surface area contributed by atoms with E-state index in [0.29, 0.717) is 0 Å². The Kier molecular flexibility index (Phi) is 6.52. The van der Waals surface area contributed by atoms with Crippen molar-refractivity contribution in [3.05, 3.63) is 77.5 Å². The molecule has 0 saturated heterocycles. The van der Waals surface area contributed by atoms with E-state index in [4.69, 9.17) is 0 Å². The fraction of sp³-hybridized carbons (Fsp3) is 0.217. The van der Waals surface area contributed by atoms with E-state index in [2.05, 4.69) is 12.0 Å². The van der Waals surface area contributed by atoms with Gasteiger partial charge in [-0.15, -0.1) is 0 Å². The molecule has 0 aliphatic heterocycles. The summed E-state index contributed by atoms with van der Waals surface area (Å²) >= 11 is 0. The van der Waals surface area contributed by atoms with Crippen LogP contribution in [0.5, 0.6) is 0 Å². The first-order valence-electron chi connectivity index (χ1n) is 9.72. The van der Waals surface area contributed by atoms with Crippen molar-refractivity contribution in [1.82, 2.24) is 14.5 Å². The Bertz CT molecular complexity index is 1160. The maximum Gasteiger partial charge on any atom is 0.238 e. The second-order valence-electron chi connectivity index (χ2n) is 6.99. The molecule has 0 unspecified atom stereocenters. The van der Waals surface area contributed by atoms with Crippen molar-refractivity contribution in [2.45, 2.75) is 27.2 Å². The molecule has 0 radical (unpaired) electrons. The zero-order chi connectivity index (χ0) is 21.7. The van der Waals surface area contributed by atoms with Gasteiger partial charge in [-0.25, -0.2) is 13.1 Å². The van der Waals surface area contributed by atoms with Crippen molar-refractivity contribution >= 4 is 22.0 Å². The van der Waals surface area contributed by atoms with Crippen LogP contribution in [0.25, 0.3) is 23.0 Å². The lowest BCUT2D eigenvalue weighted by Crippen LogP contribution is -2.31. The maximum atomic E-state index is 11.8. The van der Waals surface area contributed by atoms with Gasteiger partial charge >= 0.3 is 0 Å². The van der Waals surface area contributed by atoms with Gasteiger partial charge in [0, 0.05) is 12.0 Å². The number of rotatable bonds is 7. The van der Waals surface area contributed by atoms with Crippen LogP contribution in [-0.4, -0.2) is 29.9 Å². The zero-order valence-electron chi connectivity index (χ0n) is 17.3. The summed E-state index contributed by atoms with van der Waals surface area (Å²) in [5.41, 5.74) is 6.00. The minimum atomic E-state index is -3.65. The minimum absolute atomic E-state index is 0.128. The summed E-state index contributed by atoms with van der Waals surface area (Å²) in [6, 6.07) is 17.8. The van der Waals surface area contributed by atoms with Gasteiger partial charge in [0.1, 0.15) is 0 Å². The van der Waals surface area contributed by atoms with Crippen LogP contribution in [0.4, 0.5) is 0 Å². The summed E-state index contributed by atoms with van der Waals surface area (Å²) < 4.78 is 27.7. The van der Waals surface area contributed by atoms with E-state index in [1.807, 2.05) is 70.9 Å². The van der Waals surface area contributed by atoms with E-state index in [9.17, 15) is 13.2 Å². The highest BCUT2D eigenvalue weighted by Gasteiger charge is 2.15. The molecule has 0 fully saturated rings. The highest BCUT2D eigenvalue weighted by Crippen LogP contribution is 2.28. The van der Waals surface area contributed by atoms with Gasteiger partial charge in [0.05, 0.1) is 22.8 Å². The van der Waals surface area contributed by atoms with Crippen molar-refractivity contribution in [1.29, 1.82) is 0 Å². The summed E-state index contributed by atoms with van der Waals surface area (Å²) in [6.07, 6.45) is 3.39. The zero-order valence-corrected chi connectivity index (χ0v) is 18.1. The van der Waals surface area contributed by atoms with Gasteiger partial charge in [-0.05, 0) is 37.1 Å². The molecular formula is C23H25N3O3S. The van der Waals surface area contributed by atoms with Crippen LogP contribution in [-0.2, 0) is 14.8 Å². The van der Waals surface area contributed by atoms with E-state index in [0.717, 1.165) is 33.8 Å². The molecule has 0 spiro atoms. The Labute approximate surface area is 177 Å². The third-order valence-electron chi connectivity index (χ3n) is 4.76. The third-order valence-corrected chi connectivity index (χ3v) is 5.93. The van der Waals surface area contributed by atoms with Crippen LogP contribution >= 0.6 is 0 Å². The standard InChI is InChI=1S/C23H25N3O3S/c1-4-22(27)25-30(28,29)16-8-9-19-12-14-20(15-13-19)23-17(2)18(3)24-26(23)21-10-6-5-7-11-21/h5-15H,4,16H2,1-3H3,(H,25,27). The van der Waals surface area contributed by atoms with Crippen LogP contribution in [0.2, 0.25) is 0 Å². The van der Waals surface area contributed by atoms with Gasteiger partial charge in [-0.1, -0.05) is 61.5 Å². The summed E-state index contributed by atoms with van der Waals surface area (Å²) in [5, 5.41) is 4.69. The maximum absolute atomic E-state index is 11.8. The van der Waals surface area contributed by atoms with E-state index in [1.165, 1.54) is 6.08 Å². The SMILES string of the molecule is CCC(=O)NS(=O)(=O)CC=Cc1ccc(-c2c(C)c(C)nn2-c2ccccc2)cc1. The number of aryl methyl sites for hydroxylation is 1. The quantitative estimate of drug-likeness (QED) is 0.622. The average Bonchev–Trinajstić information content (AvgIpc) is 3.03. The first kappa shape index (κ1) is 21.5. The Morgan fingerprint density at radius 1 is 1.07 bits per heavy atom. The summed E-state index contributed by atoms with van der Waals surface area (Å²) in [6.45, 7) is 5.66. The van der Waals surface area contributed by atoms with E-state index in [1.54, 1.807) is 13.0 Å². The number of nitrogens with zero attached hydrogens (tertiary/aromatic N) is 2. The van der Waals surface area contributed by atoms with E-state index in [-0.39, 0.29) is 12.2 Å². The number of amides is 1. The molecule has 0 saturated carbocycles. The summed E-state index contributed by atoms with van der Waals surface area (Å²) in [4.78, 5) is 11.3. The molecule has 7 heteroatoms. The average molecular weight is 424 g/mol. The van der Waals surface area contributed by atoms with Gasteiger partial charge in [-0.3, -0.25) is 9.52 Å². The van der Waals surface area contributed by atoms with Crippen LogP contribution in [0.15, 0.2) is 60.7 Å². The molecule has 0 aliphatic rings. The largest absolute Gasteiger partial charge is 0.274 e. The van der Waals surface area contributed by atoms with Crippen molar-refractivity contribution < 1.29 is 13.2 Å². The molecule has 1 amide bonds. The number of carbonyl (C=O) groups is 1. The van der Waals surface area contributed by atoms with Crippen LogP contribution in [0, 0.1) is 13.8 Å². The molecule has 156 valence electrons. The second kappa shape index (κ2) is 9.09. The topological polar surface area (TPSA) is 81.1 Å². The highest BCUT2D eigenvalue weighted by atomic mass is 32.2. The predicted molar refractivity (Wildman–Crippen MR) is 120 cm³/mol. The number of aromatic nitrogens is 2. The molecule has 2 aromatic carbocycles. The van der Waals surface area contributed by atoms with Crippen LogP contribution < -0.4 is 4.72 Å². The number of sulfonamides is 1. The lowest BCUT2D eigenvalue weighted by atomic mass is 10.0. The minimum Gasteiger partial charge on any atom is -0.274 e. The molecule has 1 N–H and O–H groups in total. The number of para-hydroxylation sites is 1. The molecular weight excluding hydrogens is 398 g/mol. The van der Waals surface area contributed by atoms with Crippen molar-refractivity contribution in [3.8, 4) is 16.9 Å². The van der Waals surface area contributed by atoms with Gasteiger partial charge < -0.3 is 0 Å². The van der Waals surface area contributed by atoms with Gasteiger partial charge in [0.15, 0.2) is 0 Å². The molecule has 0 atom stereocenters. The molecule has 1 heterocycles. The highest BCUT2D eigenvalue weighted by molar-refractivity contribution is 7.90. The first-order chi connectivity index (χ1) is 14.3. The molecule has 0 bridgehead atoms. The third kappa shape index (κ3) is 5.04. The van der Waals surface area contributed by atoms with Crippen molar-refractivity contribution in [3.63, 3.8) is 0 Å². The van der Waals surface area contributed by atoms with Gasteiger partial charge in [0.2, 0.25) is 15.9 Å². The summed E-state index contributed by atoms with van der Waals surface area (Å²) in [5.74, 6) is -0.756. The fourth-order valence-corrected chi connectivity index (χ4v) is 3.97. The number of benzene rings is 2. The fourth-order valence-electron chi connectivity index (χ4n) is 3.05. The Morgan fingerprint density at radius 3 is 2.37 bits per heavy atom. The van der Waals surface area contributed by atoms with Gasteiger partial charge in [-0.2, -0.15) is 5.10 Å². The number of nitrogens with one attached hydrogen (secondary N) is 1. The van der Waals surface area contributed by atoms with Gasteiger partial charge in [0.25, 0.3) is 0 Å². The molecule has 3 aromatic rings. The van der Waals surface area contributed by atoms with Crippen molar-refractivity contribution in [2.75, 3.05) is 5.75 Å². The lowest BCUT2D eigenvalue weighted by Gasteiger charge is -2.09. The summed E-state index contributed by atoms with van der Waals surface area (Å²) in [7, 11) is -3.65. The Hall–Kier alpha value is -3.19. The number of hydrogen-bond donors (Lipinski definition) is 1. The smallest absolute Gasteiger partial charge is 0.238 e. The normalized spacial score (nSPS) is 11.7. The molecule has 30 heavy (non-hydrogen) atoms. The molecule has 1 aromatic heterocycles. The molecule has 3 rings (SSSR count). The lowest BCUT2D eigenvalue weighted by molar-refractivity contribution is -0.119. The number of carbonyl (C=O) groups excluding carboxylic acids is 1. The predicted octanol–water partition coefficient (Wildman–Crippen LogP) is 4.03.